The molecule has 0 aliphatic carbocycles. The minimum atomic E-state index is -1.86. The summed E-state index contributed by atoms with van der Waals surface area (Å²) in [4.78, 5) is 25.1. The number of aliphatic hydroxyl groups is 1. The molecule has 5 nitrogen and oxygen atoms in total. The van der Waals surface area contributed by atoms with E-state index in [1.165, 1.54) is 0 Å². The van der Waals surface area contributed by atoms with Gasteiger partial charge >= 0.3 is 5.97 Å². The maximum absolute atomic E-state index is 13.1. The van der Waals surface area contributed by atoms with Gasteiger partial charge < -0.3 is 15.2 Å². The van der Waals surface area contributed by atoms with Gasteiger partial charge in [0.2, 0.25) is 0 Å². The van der Waals surface area contributed by atoms with E-state index in [0.29, 0.717) is 29.0 Å². The Morgan fingerprint density at radius 2 is 1.38 bits per heavy atom. The van der Waals surface area contributed by atoms with Gasteiger partial charge in [0.15, 0.2) is 5.60 Å². The molecule has 2 N–H and O–H groups in total. The molecular weight excluding hydrogens is 366 g/mol. The number of esters is 1. The Balaban J connectivity index is 1.85. The van der Waals surface area contributed by atoms with Crippen molar-refractivity contribution in [3.05, 3.63) is 102 Å². The summed E-state index contributed by atoms with van der Waals surface area (Å²) in [5.74, 6) is -0.994. The fourth-order valence-electron chi connectivity index (χ4n) is 2.98. The van der Waals surface area contributed by atoms with Crippen molar-refractivity contribution >= 4 is 17.6 Å². The van der Waals surface area contributed by atoms with Crippen molar-refractivity contribution in [2.75, 3.05) is 11.9 Å². The molecule has 0 unspecified atom stereocenters. The number of nitrogens with one attached hydrogen (secondary N) is 1. The Kier molecular flexibility index (Phi) is 6.42. The van der Waals surface area contributed by atoms with Crippen LogP contribution in [0.2, 0.25) is 0 Å². The molecule has 0 atom stereocenters. The maximum Gasteiger partial charge on any atom is 0.338 e. The van der Waals surface area contributed by atoms with E-state index in [2.05, 4.69) is 5.32 Å². The zero-order valence-corrected chi connectivity index (χ0v) is 16.2. The summed E-state index contributed by atoms with van der Waals surface area (Å²) in [5.41, 5.74) is -0.0709. The third-order valence-corrected chi connectivity index (χ3v) is 4.53. The van der Waals surface area contributed by atoms with E-state index in [-0.39, 0.29) is 0 Å². The van der Waals surface area contributed by atoms with Crippen LogP contribution in [0.1, 0.15) is 34.8 Å². The van der Waals surface area contributed by atoms with Gasteiger partial charge in [-0.25, -0.2) is 4.79 Å². The van der Waals surface area contributed by atoms with E-state index in [9.17, 15) is 14.7 Å². The van der Waals surface area contributed by atoms with Crippen LogP contribution in [0, 0.1) is 0 Å². The summed E-state index contributed by atoms with van der Waals surface area (Å²) >= 11 is 0. The fourth-order valence-corrected chi connectivity index (χ4v) is 2.98. The number of hydrogen-bond donors (Lipinski definition) is 2. The lowest BCUT2D eigenvalue weighted by Gasteiger charge is -2.28. The van der Waals surface area contributed by atoms with Gasteiger partial charge in [-0.1, -0.05) is 67.6 Å². The van der Waals surface area contributed by atoms with Crippen LogP contribution in [0.3, 0.4) is 0 Å². The van der Waals surface area contributed by atoms with Crippen LogP contribution in [-0.4, -0.2) is 23.6 Å². The third-order valence-electron chi connectivity index (χ3n) is 4.53. The monoisotopic (exact) mass is 389 g/mol. The van der Waals surface area contributed by atoms with Crippen LogP contribution in [-0.2, 0) is 15.1 Å². The average molecular weight is 389 g/mol. The molecule has 0 aliphatic heterocycles. The molecule has 29 heavy (non-hydrogen) atoms. The van der Waals surface area contributed by atoms with Crippen molar-refractivity contribution in [1.82, 2.24) is 0 Å². The van der Waals surface area contributed by atoms with Crippen LogP contribution >= 0.6 is 0 Å². The number of hydrogen-bond acceptors (Lipinski definition) is 4. The minimum Gasteiger partial charge on any atom is -0.462 e. The molecule has 3 rings (SSSR count). The molecule has 0 saturated heterocycles. The SMILES string of the molecule is CCCOC(=O)c1ccc(NC(=O)C(O)(c2ccccc2)c2ccccc2)cc1. The molecule has 0 aromatic heterocycles. The first-order chi connectivity index (χ1) is 14.1. The van der Waals surface area contributed by atoms with Gasteiger partial charge in [-0.15, -0.1) is 0 Å². The molecule has 0 bridgehead atoms. The van der Waals surface area contributed by atoms with Gasteiger partial charge in [-0.05, 0) is 41.8 Å². The lowest BCUT2D eigenvalue weighted by Crippen LogP contribution is -2.41. The fraction of sp³-hybridized carbons (Fsp3) is 0.167. The first-order valence-electron chi connectivity index (χ1n) is 9.47. The first-order valence-corrected chi connectivity index (χ1v) is 9.47. The number of amides is 1. The molecule has 5 heteroatoms. The molecular formula is C24H23NO4. The van der Waals surface area contributed by atoms with Crippen molar-refractivity contribution in [2.24, 2.45) is 0 Å². The molecule has 3 aromatic rings. The van der Waals surface area contributed by atoms with E-state index >= 15 is 0 Å². The number of carbonyl (C=O) groups excluding carboxylic acids is 2. The lowest BCUT2D eigenvalue weighted by atomic mass is 9.85. The second-order valence-corrected chi connectivity index (χ2v) is 6.61. The van der Waals surface area contributed by atoms with Crippen molar-refractivity contribution in [1.29, 1.82) is 0 Å². The summed E-state index contributed by atoms with van der Waals surface area (Å²) in [6, 6.07) is 23.9. The van der Waals surface area contributed by atoms with Gasteiger partial charge in [0, 0.05) is 5.69 Å². The summed E-state index contributed by atoms with van der Waals surface area (Å²) in [6.07, 6.45) is 0.747. The Bertz CT molecular complexity index is 914. The number of carbonyl (C=O) groups is 2. The van der Waals surface area contributed by atoms with Gasteiger partial charge in [-0.3, -0.25) is 4.79 Å². The van der Waals surface area contributed by atoms with Gasteiger partial charge in [0.25, 0.3) is 5.91 Å². The molecule has 0 saturated carbocycles. The van der Waals surface area contributed by atoms with Crippen molar-refractivity contribution in [3.63, 3.8) is 0 Å². The molecule has 0 heterocycles. The van der Waals surface area contributed by atoms with Crippen LogP contribution in [0.15, 0.2) is 84.9 Å². The third kappa shape index (κ3) is 4.52. The second-order valence-electron chi connectivity index (χ2n) is 6.61. The molecule has 3 aromatic carbocycles. The van der Waals surface area contributed by atoms with E-state index in [1.54, 1.807) is 72.8 Å². The summed E-state index contributed by atoms with van der Waals surface area (Å²) < 4.78 is 5.10. The number of ether oxygens (including phenoxy) is 1. The van der Waals surface area contributed by atoms with Crippen molar-refractivity contribution in [2.45, 2.75) is 18.9 Å². The van der Waals surface area contributed by atoms with E-state index in [1.807, 2.05) is 19.1 Å². The number of benzene rings is 3. The highest BCUT2D eigenvalue weighted by Gasteiger charge is 2.39. The minimum absolute atomic E-state index is 0.360. The lowest BCUT2D eigenvalue weighted by molar-refractivity contribution is -0.131. The van der Waals surface area contributed by atoms with Gasteiger partial charge in [0.1, 0.15) is 0 Å². The van der Waals surface area contributed by atoms with Gasteiger partial charge in [0.05, 0.1) is 12.2 Å². The Hall–Kier alpha value is -3.44. The van der Waals surface area contributed by atoms with E-state index in [0.717, 1.165) is 6.42 Å². The Morgan fingerprint density at radius 3 is 1.86 bits per heavy atom. The van der Waals surface area contributed by atoms with Crippen LogP contribution in [0.4, 0.5) is 5.69 Å². The van der Waals surface area contributed by atoms with E-state index < -0.39 is 17.5 Å². The molecule has 1 amide bonds. The Labute approximate surface area is 170 Å². The highest BCUT2D eigenvalue weighted by molar-refractivity contribution is 6.00. The van der Waals surface area contributed by atoms with Crippen LogP contribution in [0.25, 0.3) is 0 Å². The molecule has 0 aliphatic rings. The van der Waals surface area contributed by atoms with Crippen LogP contribution in [0.5, 0.6) is 0 Å². The highest BCUT2D eigenvalue weighted by Crippen LogP contribution is 2.31. The van der Waals surface area contributed by atoms with E-state index in [4.69, 9.17) is 4.74 Å². The number of anilines is 1. The summed E-state index contributed by atoms with van der Waals surface area (Å²) in [5, 5.41) is 14.2. The topological polar surface area (TPSA) is 75.6 Å². The largest absolute Gasteiger partial charge is 0.462 e. The smallest absolute Gasteiger partial charge is 0.338 e. The average Bonchev–Trinajstić information content (AvgIpc) is 2.78. The van der Waals surface area contributed by atoms with Gasteiger partial charge in [-0.2, -0.15) is 0 Å². The quantitative estimate of drug-likeness (QED) is 0.596. The highest BCUT2D eigenvalue weighted by atomic mass is 16.5. The standard InChI is InChI=1S/C24H23NO4/c1-2-17-29-22(26)18-13-15-21(16-14-18)25-23(27)24(28,19-9-5-3-6-10-19)20-11-7-4-8-12-20/h3-16,28H,2,17H2,1H3,(H,25,27). The maximum atomic E-state index is 13.1. The normalized spacial score (nSPS) is 11.0. The second kappa shape index (κ2) is 9.17. The Morgan fingerprint density at radius 1 is 0.862 bits per heavy atom. The predicted octanol–water partition coefficient (Wildman–Crippen LogP) is 4.13. The zero-order valence-electron chi connectivity index (χ0n) is 16.2. The summed E-state index contributed by atoms with van der Waals surface area (Å²) in [6.45, 7) is 2.28. The molecule has 0 spiro atoms. The first kappa shape index (κ1) is 20.3. The zero-order chi connectivity index (χ0) is 20.7. The molecule has 0 radical (unpaired) electrons. The van der Waals surface area contributed by atoms with Crippen LogP contribution < -0.4 is 5.32 Å². The van der Waals surface area contributed by atoms with Crippen molar-refractivity contribution < 1.29 is 19.4 Å². The molecule has 148 valence electrons. The summed E-state index contributed by atoms with van der Waals surface area (Å²) in [7, 11) is 0. The number of rotatable bonds is 7. The van der Waals surface area contributed by atoms with Crippen molar-refractivity contribution in [3.8, 4) is 0 Å². The molecule has 0 fully saturated rings. The predicted molar refractivity (Wildman–Crippen MR) is 112 cm³/mol.